The SMILES string of the molecule is O=C(O)c1ccnc(Br)c1NC(=O)C(F)(F)F. The average molecular weight is 313 g/mol. The molecule has 2 N–H and O–H groups in total. The summed E-state index contributed by atoms with van der Waals surface area (Å²) in [6.07, 6.45) is -4.03. The van der Waals surface area contributed by atoms with Crippen LogP contribution in [0.3, 0.4) is 0 Å². The van der Waals surface area contributed by atoms with E-state index >= 15 is 0 Å². The first kappa shape index (κ1) is 13.4. The molecule has 1 heterocycles. The van der Waals surface area contributed by atoms with Crippen LogP contribution < -0.4 is 5.32 Å². The third-order valence-electron chi connectivity index (χ3n) is 1.63. The highest BCUT2D eigenvalue weighted by atomic mass is 79.9. The van der Waals surface area contributed by atoms with Crippen LogP contribution >= 0.6 is 15.9 Å². The molecule has 0 aromatic carbocycles. The average Bonchev–Trinajstić information content (AvgIpc) is 2.18. The van der Waals surface area contributed by atoms with Gasteiger partial charge >= 0.3 is 18.1 Å². The lowest BCUT2D eigenvalue weighted by atomic mass is 10.2. The summed E-state index contributed by atoms with van der Waals surface area (Å²) >= 11 is 2.75. The van der Waals surface area contributed by atoms with Gasteiger partial charge in [-0.25, -0.2) is 9.78 Å². The van der Waals surface area contributed by atoms with Crippen molar-refractivity contribution in [3.8, 4) is 0 Å². The summed E-state index contributed by atoms with van der Waals surface area (Å²) in [7, 11) is 0. The molecular formula is C8H4BrF3N2O3. The van der Waals surface area contributed by atoms with Gasteiger partial charge in [0.05, 0.1) is 11.3 Å². The molecule has 92 valence electrons. The summed E-state index contributed by atoms with van der Waals surface area (Å²) in [6, 6.07) is 0.971. The van der Waals surface area contributed by atoms with E-state index in [2.05, 4.69) is 20.9 Å². The van der Waals surface area contributed by atoms with Crippen LogP contribution in [-0.2, 0) is 4.79 Å². The number of carbonyl (C=O) groups excluding carboxylic acids is 1. The molecule has 1 aromatic rings. The lowest BCUT2D eigenvalue weighted by Crippen LogP contribution is -2.30. The van der Waals surface area contributed by atoms with Gasteiger partial charge in [-0.05, 0) is 22.0 Å². The van der Waals surface area contributed by atoms with Crippen molar-refractivity contribution in [2.24, 2.45) is 0 Å². The predicted molar refractivity (Wildman–Crippen MR) is 53.6 cm³/mol. The summed E-state index contributed by atoms with van der Waals surface area (Å²) in [5, 5.41) is 10.2. The van der Waals surface area contributed by atoms with Crippen LogP contribution in [-0.4, -0.2) is 28.1 Å². The number of hydrogen-bond donors (Lipinski definition) is 2. The molecule has 0 saturated carbocycles. The smallest absolute Gasteiger partial charge is 0.471 e. The first-order chi connectivity index (χ1) is 7.73. The van der Waals surface area contributed by atoms with E-state index in [1.807, 2.05) is 0 Å². The minimum Gasteiger partial charge on any atom is -0.478 e. The Hall–Kier alpha value is -1.64. The number of nitrogens with one attached hydrogen (secondary N) is 1. The molecule has 1 amide bonds. The zero-order valence-electron chi connectivity index (χ0n) is 7.88. The number of anilines is 1. The third-order valence-corrected chi connectivity index (χ3v) is 2.23. The number of alkyl halides is 3. The van der Waals surface area contributed by atoms with E-state index in [1.54, 1.807) is 0 Å². The lowest BCUT2D eigenvalue weighted by molar-refractivity contribution is -0.167. The van der Waals surface area contributed by atoms with Crippen molar-refractivity contribution in [1.29, 1.82) is 0 Å². The minimum atomic E-state index is -5.11. The Balaban J connectivity index is 3.14. The molecule has 0 fully saturated rings. The normalized spacial score (nSPS) is 11.1. The van der Waals surface area contributed by atoms with Gasteiger partial charge in [-0.2, -0.15) is 13.2 Å². The van der Waals surface area contributed by atoms with Crippen molar-refractivity contribution in [2.45, 2.75) is 6.18 Å². The molecule has 0 saturated heterocycles. The summed E-state index contributed by atoms with van der Waals surface area (Å²) in [4.78, 5) is 24.9. The van der Waals surface area contributed by atoms with Crippen molar-refractivity contribution in [1.82, 2.24) is 4.98 Å². The number of nitrogens with zero attached hydrogens (tertiary/aromatic N) is 1. The Morgan fingerprint density at radius 1 is 1.41 bits per heavy atom. The molecular weight excluding hydrogens is 309 g/mol. The first-order valence-electron chi connectivity index (χ1n) is 3.99. The van der Waals surface area contributed by atoms with Gasteiger partial charge in [0.1, 0.15) is 4.60 Å². The number of hydrogen-bond acceptors (Lipinski definition) is 3. The summed E-state index contributed by atoms with van der Waals surface area (Å²) in [5.41, 5.74) is -1.04. The van der Waals surface area contributed by atoms with Crippen LogP contribution in [0.15, 0.2) is 16.9 Å². The van der Waals surface area contributed by atoms with Gasteiger partial charge in [-0.1, -0.05) is 0 Å². The molecule has 0 radical (unpaired) electrons. The second-order valence-electron chi connectivity index (χ2n) is 2.78. The molecule has 0 unspecified atom stereocenters. The standard InChI is InChI=1S/C8H4BrF3N2O3/c9-5-4(14-7(17)8(10,11)12)3(6(15)16)1-2-13-5/h1-2H,(H,14,17)(H,15,16). The number of halogens is 4. The third kappa shape index (κ3) is 3.16. The van der Waals surface area contributed by atoms with Crippen molar-refractivity contribution >= 4 is 33.5 Å². The van der Waals surface area contributed by atoms with Crippen LogP contribution in [0.4, 0.5) is 18.9 Å². The Bertz CT molecular complexity index is 476. The van der Waals surface area contributed by atoms with Gasteiger partial charge in [-0.15, -0.1) is 0 Å². The van der Waals surface area contributed by atoms with Gasteiger partial charge in [0.15, 0.2) is 0 Å². The van der Waals surface area contributed by atoms with Crippen molar-refractivity contribution in [2.75, 3.05) is 5.32 Å². The van der Waals surface area contributed by atoms with Crippen LogP contribution in [0.25, 0.3) is 0 Å². The van der Waals surface area contributed by atoms with Crippen LogP contribution in [0.5, 0.6) is 0 Å². The fourth-order valence-corrected chi connectivity index (χ4v) is 1.35. The summed E-state index contributed by atoms with van der Waals surface area (Å²) < 4.78 is 35.8. The Morgan fingerprint density at radius 2 is 2.00 bits per heavy atom. The van der Waals surface area contributed by atoms with E-state index in [-0.39, 0.29) is 4.60 Å². The number of aromatic carboxylic acids is 1. The topological polar surface area (TPSA) is 79.3 Å². The number of pyridine rings is 1. The maximum absolute atomic E-state index is 12.0. The summed E-state index contributed by atoms with van der Waals surface area (Å²) in [5.74, 6) is -3.75. The number of aromatic nitrogens is 1. The van der Waals surface area contributed by atoms with E-state index in [9.17, 15) is 22.8 Å². The molecule has 1 aromatic heterocycles. The van der Waals surface area contributed by atoms with Gasteiger partial charge in [0, 0.05) is 6.20 Å². The fourth-order valence-electron chi connectivity index (χ4n) is 0.918. The van der Waals surface area contributed by atoms with E-state index < -0.39 is 29.3 Å². The molecule has 1 rings (SSSR count). The van der Waals surface area contributed by atoms with Crippen molar-refractivity contribution in [3.05, 3.63) is 22.4 Å². The highest BCUT2D eigenvalue weighted by Gasteiger charge is 2.39. The minimum absolute atomic E-state index is 0.199. The second-order valence-corrected chi connectivity index (χ2v) is 3.53. The zero-order valence-corrected chi connectivity index (χ0v) is 9.46. The molecule has 0 spiro atoms. The Labute approximate surface area is 101 Å². The molecule has 9 heteroatoms. The predicted octanol–water partition coefficient (Wildman–Crippen LogP) is 2.04. The molecule has 0 bridgehead atoms. The monoisotopic (exact) mass is 312 g/mol. The number of carbonyl (C=O) groups is 2. The molecule has 0 aliphatic heterocycles. The van der Waals surface area contributed by atoms with Crippen LogP contribution in [0.1, 0.15) is 10.4 Å². The fraction of sp³-hybridized carbons (Fsp3) is 0.125. The number of carboxylic acids is 1. The van der Waals surface area contributed by atoms with Crippen LogP contribution in [0, 0.1) is 0 Å². The van der Waals surface area contributed by atoms with E-state index in [0.717, 1.165) is 12.3 Å². The van der Waals surface area contributed by atoms with Crippen LogP contribution in [0.2, 0.25) is 0 Å². The second kappa shape index (κ2) is 4.70. The number of carboxylic acid groups (broad SMARTS) is 1. The van der Waals surface area contributed by atoms with Crippen molar-refractivity contribution < 1.29 is 27.9 Å². The van der Waals surface area contributed by atoms with Gasteiger partial charge in [-0.3, -0.25) is 4.79 Å². The Morgan fingerprint density at radius 3 is 2.47 bits per heavy atom. The first-order valence-corrected chi connectivity index (χ1v) is 4.78. The molecule has 0 aliphatic rings. The van der Waals surface area contributed by atoms with Gasteiger partial charge < -0.3 is 10.4 Å². The molecule has 0 aliphatic carbocycles. The quantitative estimate of drug-likeness (QED) is 0.819. The maximum Gasteiger partial charge on any atom is 0.471 e. The molecule has 0 atom stereocenters. The Kier molecular flexibility index (Phi) is 3.71. The van der Waals surface area contributed by atoms with E-state index in [0.29, 0.717) is 0 Å². The lowest BCUT2D eigenvalue weighted by Gasteiger charge is -2.11. The highest BCUT2D eigenvalue weighted by molar-refractivity contribution is 9.10. The van der Waals surface area contributed by atoms with Gasteiger partial charge in [0.25, 0.3) is 0 Å². The summed E-state index contributed by atoms with van der Waals surface area (Å²) in [6.45, 7) is 0. The molecule has 5 nitrogen and oxygen atoms in total. The van der Waals surface area contributed by atoms with Gasteiger partial charge in [0.2, 0.25) is 0 Å². The highest BCUT2D eigenvalue weighted by Crippen LogP contribution is 2.26. The largest absolute Gasteiger partial charge is 0.478 e. The zero-order chi connectivity index (χ0) is 13.2. The van der Waals surface area contributed by atoms with Crippen molar-refractivity contribution in [3.63, 3.8) is 0 Å². The van der Waals surface area contributed by atoms with E-state index in [1.165, 1.54) is 5.32 Å². The number of amides is 1. The maximum atomic E-state index is 12.0. The van der Waals surface area contributed by atoms with E-state index in [4.69, 9.17) is 5.11 Å². The molecule has 17 heavy (non-hydrogen) atoms. The number of rotatable bonds is 2.